The lowest BCUT2D eigenvalue weighted by Gasteiger charge is -2.13. The van der Waals surface area contributed by atoms with Crippen LogP contribution in [0.5, 0.6) is 5.75 Å². The summed E-state index contributed by atoms with van der Waals surface area (Å²) >= 11 is 1.48. The van der Waals surface area contributed by atoms with Gasteiger partial charge in [-0.05, 0) is 23.6 Å². The number of rotatable bonds is 5. The van der Waals surface area contributed by atoms with Crippen LogP contribution in [-0.2, 0) is 11.3 Å². The molecule has 0 aliphatic carbocycles. The minimum Gasteiger partial charge on any atom is -0.405 e. The molecule has 0 atom stereocenters. The Kier molecular flexibility index (Phi) is 5.21. The molecule has 0 bridgehead atoms. The molecule has 1 amide bonds. The largest absolute Gasteiger partial charge is 0.573 e. The van der Waals surface area contributed by atoms with Crippen molar-refractivity contribution in [3.8, 4) is 5.75 Å². The second-order valence-electron chi connectivity index (χ2n) is 4.22. The molecule has 0 spiro atoms. The Morgan fingerprint density at radius 2 is 2.00 bits per heavy atom. The second-order valence-corrected chi connectivity index (χ2v) is 5.20. The number of para-hydroxylation sites is 1. The quantitative estimate of drug-likeness (QED) is 0.844. The fourth-order valence-electron chi connectivity index (χ4n) is 1.66. The maximum atomic E-state index is 12.3. The summed E-state index contributed by atoms with van der Waals surface area (Å²) in [4.78, 5) is 12.6. The van der Waals surface area contributed by atoms with Crippen LogP contribution in [0, 0.1) is 0 Å². The molecule has 22 heavy (non-hydrogen) atoms. The van der Waals surface area contributed by atoms with Crippen LogP contribution in [0.2, 0.25) is 0 Å². The molecule has 0 fully saturated rings. The summed E-state index contributed by atoms with van der Waals surface area (Å²) in [5, 5.41) is 4.40. The summed E-state index contributed by atoms with van der Waals surface area (Å²) in [5.41, 5.74) is 0.248. The van der Waals surface area contributed by atoms with E-state index in [0.717, 1.165) is 4.88 Å². The molecule has 0 saturated carbocycles. The monoisotopic (exact) mass is 327 g/mol. The van der Waals surface area contributed by atoms with Crippen LogP contribution >= 0.6 is 11.3 Å². The first-order valence-corrected chi connectivity index (χ1v) is 7.15. The Labute approximate surface area is 129 Å². The lowest BCUT2D eigenvalue weighted by Crippen LogP contribution is -2.22. The molecule has 1 aromatic heterocycles. The molecule has 3 nitrogen and oxygen atoms in total. The van der Waals surface area contributed by atoms with Crippen molar-refractivity contribution in [2.45, 2.75) is 12.9 Å². The molecule has 0 radical (unpaired) electrons. The van der Waals surface area contributed by atoms with E-state index in [9.17, 15) is 18.0 Å². The highest BCUT2D eigenvalue weighted by molar-refractivity contribution is 7.10. The molecule has 1 N–H and O–H groups in total. The van der Waals surface area contributed by atoms with Crippen molar-refractivity contribution in [1.29, 1.82) is 0 Å². The summed E-state index contributed by atoms with van der Waals surface area (Å²) in [5.74, 6) is -0.715. The number of halogens is 3. The van der Waals surface area contributed by atoms with E-state index in [1.807, 2.05) is 17.5 Å². The van der Waals surface area contributed by atoms with Gasteiger partial charge in [-0.15, -0.1) is 24.5 Å². The molecular formula is C15H12F3NO2S. The maximum Gasteiger partial charge on any atom is 0.573 e. The number of amides is 1. The molecule has 1 aromatic carbocycles. The Morgan fingerprint density at radius 1 is 1.23 bits per heavy atom. The first kappa shape index (κ1) is 16.1. The van der Waals surface area contributed by atoms with E-state index in [1.165, 1.54) is 35.6 Å². The SMILES string of the molecule is O=C(/C=C/c1cccs1)NCc1ccccc1OC(F)(F)F. The zero-order valence-electron chi connectivity index (χ0n) is 11.3. The summed E-state index contributed by atoms with van der Waals surface area (Å²) in [7, 11) is 0. The summed E-state index contributed by atoms with van der Waals surface area (Å²) in [6.07, 6.45) is -1.80. The second kappa shape index (κ2) is 7.13. The molecule has 0 saturated heterocycles. The Balaban J connectivity index is 1.95. The third-order valence-electron chi connectivity index (χ3n) is 2.59. The molecule has 2 rings (SSSR count). The van der Waals surface area contributed by atoms with Crippen LogP contribution in [0.1, 0.15) is 10.4 Å². The van der Waals surface area contributed by atoms with Gasteiger partial charge in [0, 0.05) is 23.1 Å². The molecule has 7 heteroatoms. The van der Waals surface area contributed by atoms with E-state index in [0.29, 0.717) is 0 Å². The van der Waals surface area contributed by atoms with Gasteiger partial charge in [0.25, 0.3) is 0 Å². The van der Waals surface area contributed by atoms with Crippen LogP contribution < -0.4 is 10.1 Å². The van der Waals surface area contributed by atoms with Crippen LogP contribution in [0.4, 0.5) is 13.2 Å². The minimum absolute atomic E-state index is 0.0557. The highest BCUT2D eigenvalue weighted by Crippen LogP contribution is 2.26. The molecule has 1 heterocycles. The van der Waals surface area contributed by atoms with Crippen LogP contribution in [0.3, 0.4) is 0 Å². The van der Waals surface area contributed by atoms with Crippen LogP contribution in [-0.4, -0.2) is 12.3 Å². The van der Waals surface area contributed by atoms with Crippen molar-refractivity contribution in [2.75, 3.05) is 0 Å². The topological polar surface area (TPSA) is 38.3 Å². The number of nitrogens with one attached hydrogen (secondary N) is 1. The molecular weight excluding hydrogens is 315 g/mol. The zero-order chi connectivity index (χ0) is 16.0. The van der Waals surface area contributed by atoms with Gasteiger partial charge in [-0.3, -0.25) is 4.79 Å². The molecule has 116 valence electrons. The fourth-order valence-corrected chi connectivity index (χ4v) is 2.28. The lowest BCUT2D eigenvalue weighted by atomic mass is 10.2. The summed E-state index contributed by atoms with van der Waals surface area (Å²) < 4.78 is 40.8. The first-order chi connectivity index (χ1) is 10.4. The van der Waals surface area contributed by atoms with Gasteiger partial charge in [-0.2, -0.15) is 0 Å². The van der Waals surface area contributed by atoms with Gasteiger partial charge in [-0.25, -0.2) is 0 Å². The predicted octanol–water partition coefficient (Wildman–Crippen LogP) is 3.98. The predicted molar refractivity (Wildman–Crippen MR) is 78.3 cm³/mol. The van der Waals surface area contributed by atoms with Crippen LogP contribution in [0.15, 0.2) is 47.9 Å². The maximum absolute atomic E-state index is 12.3. The van der Waals surface area contributed by atoms with Gasteiger partial charge in [0.2, 0.25) is 5.91 Å². The van der Waals surface area contributed by atoms with Gasteiger partial charge in [0.1, 0.15) is 5.75 Å². The van der Waals surface area contributed by atoms with Gasteiger partial charge in [0.15, 0.2) is 0 Å². The van der Waals surface area contributed by atoms with E-state index < -0.39 is 12.3 Å². The van der Waals surface area contributed by atoms with E-state index in [-0.39, 0.29) is 17.9 Å². The van der Waals surface area contributed by atoms with Crippen molar-refractivity contribution in [1.82, 2.24) is 5.32 Å². The van der Waals surface area contributed by atoms with Crippen molar-refractivity contribution < 1.29 is 22.7 Å². The highest BCUT2D eigenvalue weighted by atomic mass is 32.1. The van der Waals surface area contributed by atoms with Crippen LogP contribution in [0.25, 0.3) is 6.08 Å². The minimum atomic E-state index is -4.76. The lowest BCUT2D eigenvalue weighted by molar-refractivity contribution is -0.274. The summed E-state index contributed by atoms with van der Waals surface area (Å²) in [6, 6.07) is 9.38. The zero-order valence-corrected chi connectivity index (χ0v) is 12.1. The number of ether oxygens (including phenoxy) is 1. The van der Waals surface area contributed by atoms with Crippen molar-refractivity contribution in [3.05, 3.63) is 58.3 Å². The number of thiophene rings is 1. The average molecular weight is 327 g/mol. The molecule has 0 aliphatic heterocycles. The highest BCUT2D eigenvalue weighted by Gasteiger charge is 2.31. The average Bonchev–Trinajstić information content (AvgIpc) is 2.96. The van der Waals surface area contributed by atoms with Gasteiger partial charge in [-0.1, -0.05) is 24.3 Å². The van der Waals surface area contributed by atoms with Crippen molar-refractivity contribution in [2.24, 2.45) is 0 Å². The van der Waals surface area contributed by atoms with Crippen molar-refractivity contribution >= 4 is 23.3 Å². The van der Waals surface area contributed by atoms with Gasteiger partial charge >= 0.3 is 6.36 Å². The number of hydrogen-bond acceptors (Lipinski definition) is 3. The normalized spacial score (nSPS) is 11.6. The number of hydrogen-bond donors (Lipinski definition) is 1. The third kappa shape index (κ3) is 5.25. The number of carbonyl (C=O) groups is 1. The van der Waals surface area contributed by atoms with Crippen molar-refractivity contribution in [3.63, 3.8) is 0 Å². The standard InChI is InChI=1S/C15H12F3NO2S/c16-15(17,18)21-13-6-2-1-4-11(13)10-19-14(20)8-7-12-5-3-9-22-12/h1-9H,10H2,(H,19,20)/b8-7+. The summed E-state index contributed by atoms with van der Waals surface area (Å²) in [6.45, 7) is -0.0557. The number of benzene rings is 1. The van der Waals surface area contributed by atoms with E-state index in [4.69, 9.17) is 0 Å². The number of alkyl halides is 3. The van der Waals surface area contributed by atoms with Gasteiger partial charge < -0.3 is 10.1 Å². The number of carbonyl (C=O) groups excluding carboxylic acids is 1. The molecule has 0 aliphatic rings. The van der Waals surface area contributed by atoms with E-state index in [2.05, 4.69) is 10.1 Å². The Hall–Kier alpha value is -2.28. The Bertz CT molecular complexity index is 651. The Morgan fingerprint density at radius 3 is 2.68 bits per heavy atom. The smallest absolute Gasteiger partial charge is 0.405 e. The first-order valence-electron chi connectivity index (χ1n) is 6.27. The van der Waals surface area contributed by atoms with E-state index in [1.54, 1.807) is 12.1 Å². The fraction of sp³-hybridized carbons (Fsp3) is 0.133. The molecule has 0 unspecified atom stereocenters. The third-order valence-corrected chi connectivity index (χ3v) is 3.43. The van der Waals surface area contributed by atoms with Gasteiger partial charge in [0.05, 0.1) is 0 Å². The molecule has 2 aromatic rings. The van der Waals surface area contributed by atoms with E-state index >= 15 is 0 Å².